The maximum Gasteiger partial charge on any atom is 0.269 e. The third-order valence-electron chi connectivity index (χ3n) is 6.42. The van der Waals surface area contributed by atoms with E-state index in [1.165, 1.54) is 4.68 Å². The second-order valence-corrected chi connectivity index (χ2v) is 8.56. The molecule has 0 amide bonds. The van der Waals surface area contributed by atoms with Gasteiger partial charge in [0.2, 0.25) is 0 Å². The van der Waals surface area contributed by atoms with Crippen molar-refractivity contribution in [1.29, 1.82) is 0 Å². The standard InChI is InChI=1S/C24H27N7O2/c1-16-4-5-19(13-26-16)24-22(17(2)33-28-24)15-31-23(32)12-21(14-27-31)29-9-6-20(7-10-29)30-11-8-25-18(30)3/h4-5,8,11-14,20H,6-7,9-10,15H2,1-3H3. The molecule has 9 heteroatoms. The number of nitrogens with zero attached hydrogens (tertiary/aromatic N) is 7. The molecule has 0 bridgehead atoms. The summed E-state index contributed by atoms with van der Waals surface area (Å²) >= 11 is 0. The van der Waals surface area contributed by atoms with Gasteiger partial charge in [0.05, 0.1) is 18.4 Å². The minimum Gasteiger partial charge on any atom is -0.370 e. The van der Waals surface area contributed by atoms with E-state index in [4.69, 9.17) is 4.52 Å². The quantitative estimate of drug-likeness (QED) is 0.465. The molecule has 4 aromatic heterocycles. The second kappa shape index (κ2) is 8.65. The first kappa shape index (κ1) is 21.1. The highest BCUT2D eigenvalue weighted by atomic mass is 16.5. The molecular formula is C24H27N7O2. The minimum absolute atomic E-state index is 0.145. The molecule has 5 rings (SSSR count). The number of hydrogen-bond donors (Lipinski definition) is 0. The van der Waals surface area contributed by atoms with Crippen LogP contribution in [0.25, 0.3) is 11.3 Å². The lowest BCUT2D eigenvalue weighted by Gasteiger charge is -2.34. The van der Waals surface area contributed by atoms with Crippen molar-refractivity contribution in [1.82, 2.24) is 29.5 Å². The maximum absolute atomic E-state index is 12.9. The van der Waals surface area contributed by atoms with Gasteiger partial charge in [-0.1, -0.05) is 5.16 Å². The summed E-state index contributed by atoms with van der Waals surface area (Å²) in [5, 5.41) is 8.66. The molecule has 0 N–H and O–H groups in total. The lowest BCUT2D eigenvalue weighted by atomic mass is 10.0. The Morgan fingerprint density at radius 2 is 1.91 bits per heavy atom. The van der Waals surface area contributed by atoms with Crippen LogP contribution in [-0.4, -0.2) is 42.6 Å². The SMILES string of the molecule is Cc1ccc(-c2noc(C)c2Cn2ncc(N3CCC(n4ccnc4C)CC3)cc2=O)cn1. The van der Waals surface area contributed by atoms with Crippen LogP contribution in [-0.2, 0) is 6.54 Å². The topological polar surface area (TPSA) is 94.9 Å². The molecule has 1 aliphatic rings. The Morgan fingerprint density at radius 3 is 2.58 bits per heavy atom. The predicted octanol–water partition coefficient (Wildman–Crippen LogP) is 3.30. The van der Waals surface area contributed by atoms with Crippen molar-refractivity contribution in [2.75, 3.05) is 18.0 Å². The van der Waals surface area contributed by atoms with Crippen LogP contribution in [0.15, 0.2) is 52.3 Å². The van der Waals surface area contributed by atoms with Crippen molar-refractivity contribution in [3.8, 4) is 11.3 Å². The Balaban J connectivity index is 1.32. The van der Waals surface area contributed by atoms with Gasteiger partial charge >= 0.3 is 0 Å². The molecule has 5 heterocycles. The average Bonchev–Trinajstić information content (AvgIpc) is 3.41. The first-order chi connectivity index (χ1) is 16.0. The average molecular weight is 446 g/mol. The number of imidazole rings is 1. The van der Waals surface area contributed by atoms with Crippen molar-refractivity contribution in [3.05, 3.63) is 76.2 Å². The third-order valence-corrected chi connectivity index (χ3v) is 6.42. The first-order valence-corrected chi connectivity index (χ1v) is 11.2. The van der Waals surface area contributed by atoms with Crippen molar-refractivity contribution >= 4 is 5.69 Å². The van der Waals surface area contributed by atoms with Gasteiger partial charge in [0.1, 0.15) is 17.3 Å². The number of pyridine rings is 1. The molecule has 0 radical (unpaired) electrons. The van der Waals surface area contributed by atoms with E-state index in [9.17, 15) is 4.79 Å². The van der Waals surface area contributed by atoms with E-state index in [-0.39, 0.29) is 5.56 Å². The summed E-state index contributed by atoms with van der Waals surface area (Å²) in [6, 6.07) is 6.01. The molecule has 33 heavy (non-hydrogen) atoms. The zero-order valence-electron chi connectivity index (χ0n) is 19.1. The highest BCUT2D eigenvalue weighted by molar-refractivity contribution is 5.62. The maximum atomic E-state index is 12.9. The van der Waals surface area contributed by atoms with Crippen molar-refractivity contribution < 1.29 is 4.52 Å². The lowest BCUT2D eigenvalue weighted by Crippen LogP contribution is -2.36. The molecular weight excluding hydrogens is 418 g/mol. The van der Waals surface area contributed by atoms with Crippen molar-refractivity contribution in [2.24, 2.45) is 0 Å². The molecule has 9 nitrogen and oxygen atoms in total. The summed E-state index contributed by atoms with van der Waals surface area (Å²) in [5.41, 5.74) is 4.02. The van der Waals surface area contributed by atoms with Gasteiger partial charge in [-0.2, -0.15) is 5.10 Å². The Bertz CT molecular complexity index is 1310. The van der Waals surface area contributed by atoms with Gasteiger partial charge in [0.15, 0.2) is 0 Å². The molecule has 1 fully saturated rings. The number of rotatable bonds is 5. The van der Waals surface area contributed by atoms with Gasteiger partial charge in [0.25, 0.3) is 5.56 Å². The highest BCUT2D eigenvalue weighted by Gasteiger charge is 2.22. The molecule has 0 spiro atoms. The molecule has 1 aliphatic heterocycles. The van der Waals surface area contributed by atoms with Crippen LogP contribution in [0.4, 0.5) is 5.69 Å². The van der Waals surface area contributed by atoms with Crippen LogP contribution in [0.1, 0.15) is 41.7 Å². The summed E-state index contributed by atoms with van der Waals surface area (Å²) in [6.07, 6.45) is 9.46. The van der Waals surface area contributed by atoms with Gasteiger partial charge in [-0.25, -0.2) is 9.67 Å². The number of aromatic nitrogens is 6. The van der Waals surface area contributed by atoms with Crippen LogP contribution in [0.5, 0.6) is 0 Å². The minimum atomic E-state index is -0.145. The van der Waals surface area contributed by atoms with Crippen LogP contribution in [0.3, 0.4) is 0 Å². The Labute approximate surface area is 191 Å². The molecule has 170 valence electrons. The van der Waals surface area contributed by atoms with E-state index in [2.05, 4.69) is 29.7 Å². The fraction of sp³-hybridized carbons (Fsp3) is 0.375. The highest BCUT2D eigenvalue weighted by Crippen LogP contribution is 2.27. The van der Waals surface area contributed by atoms with Gasteiger partial charge in [-0.3, -0.25) is 9.78 Å². The van der Waals surface area contributed by atoms with Crippen molar-refractivity contribution in [3.63, 3.8) is 0 Å². The smallest absolute Gasteiger partial charge is 0.269 e. The van der Waals surface area contributed by atoms with E-state index >= 15 is 0 Å². The molecule has 1 saturated heterocycles. The Kier molecular flexibility index (Phi) is 5.53. The summed E-state index contributed by atoms with van der Waals surface area (Å²) in [6.45, 7) is 7.86. The lowest BCUT2D eigenvalue weighted by molar-refractivity contribution is 0.389. The van der Waals surface area contributed by atoms with E-state index in [1.807, 2.05) is 45.3 Å². The predicted molar refractivity (Wildman–Crippen MR) is 124 cm³/mol. The van der Waals surface area contributed by atoms with Crippen LogP contribution in [0.2, 0.25) is 0 Å². The van der Waals surface area contributed by atoms with Gasteiger partial charge in [-0.05, 0) is 45.7 Å². The zero-order chi connectivity index (χ0) is 22.9. The molecule has 0 unspecified atom stereocenters. The monoisotopic (exact) mass is 445 g/mol. The van der Waals surface area contributed by atoms with Crippen LogP contribution < -0.4 is 10.5 Å². The van der Waals surface area contributed by atoms with Crippen LogP contribution in [0, 0.1) is 20.8 Å². The fourth-order valence-corrected chi connectivity index (χ4v) is 4.45. The second-order valence-electron chi connectivity index (χ2n) is 8.56. The van der Waals surface area contributed by atoms with Crippen LogP contribution >= 0.6 is 0 Å². The molecule has 4 aromatic rings. The van der Waals surface area contributed by atoms with E-state index in [0.29, 0.717) is 24.0 Å². The van der Waals surface area contributed by atoms with E-state index in [1.54, 1.807) is 18.5 Å². The summed E-state index contributed by atoms with van der Waals surface area (Å²) in [5.74, 6) is 1.71. The van der Waals surface area contributed by atoms with Gasteiger partial charge < -0.3 is 14.0 Å². The molecule has 0 aliphatic carbocycles. The van der Waals surface area contributed by atoms with Gasteiger partial charge in [-0.15, -0.1) is 0 Å². The summed E-state index contributed by atoms with van der Waals surface area (Å²) < 4.78 is 9.12. The number of anilines is 1. The fourth-order valence-electron chi connectivity index (χ4n) is 4.45. The van der Waals surface area contributed by atoms with Gasteiger partial charge in [0, 0.05) is 60.6 Å². The first-order valence-electron chi connectivity index (χ1n) is 11.2. The molecule has 0 aromatic carbocycles. The molecule has 0 atom stereocenters. The summed E-state index contributed by atoms with van der Waals surface area (Å²) in [4.78, 5) is 23.8. The Hall–Kier alpha value is -3.75. The molecule has 0 saturated carbocycles. The van der Waals surface area contributed by atoms with E-state index in [0.717, 1.165) is 54.3 Å². The third kappa shape index (κ3) is 4.18. The van der Waals surface area contributed by atoms with E-state index < -0.39 is 0 Å². The largest absolute Gasteiger partial charge is 0.370 e. The summed E-state index contributed by atoms with van der Waals surface area (Å²) in [7, 11) is 0. The van der Waals surface area contributed by atoms with Crippen molar-refractivity contribution in [2.45, 2.75) is 46.2 Å². The zero-order valence-corrected chi connectivity index (χ0v) is 19.1. The number of piperidine rings is 1. The normalized spacial score (nSPS) is 14.7. The Morgan fingerprint density at radius 1 is 1.09 bits per heavy atom. The number of aryl methyl sites for hydroxylation is 3. The number of hydrogen-bond acceptors (Lipinski definition) is 7.